The highest BCUT2D eigenvalue weighted by atomic mass is 35.5. The van der Waals surface area contributed by atoms with Crippen LogP contribution in [0.2, 0.25) is 5.15 Å². The number of carbonyl (C=O) groups excluding carboxylic acids is 1. The summed E-state index contributed by atoms with van der Waals surface area (Å²) in [5, 5.41) is 18.8. The fourth-order valence-electron chi connectivity index (χ4n) is 2.37. The number of anilines is 2. The van der Waals surface area contributed by atoms with Gasteiger partial charge in [-0.05, 0) is 19.1 Å². The number of aromatic nitrogens is 4. The van der Waals surface area contributed by atoms with Crippen LogP contribution in [0.3, 0.4) is 0 Å². The van der Waals surface area contributed by atoms with Crippen molar-refractivity contribution < 1.29 is 23.1 Å². The van der Waals surface area contributed by atoms with Crippen molar-refractivity contribution in [3.63, 3.8) is 0 Å². The molecule has 3 N–H and O–H groups in total. The second kappa shape index (κ2) is 7.00. The van der Waals surface area contributed by atoms with Crippen molar-refractivity contribution in [2.45, 2.75) is 19.2 Å². The average Bonchev–Trinajstić information content (AvgIpc) is 2.93. The molecule has 3 heterocycles. The Morgan fingerprint density at radius 2 is 2.04 bits per heavy atom. The number of pyridine rings is 1. The number of fused-ring (bicyclic) bond motifs is 1. The zero-order valence-electron chi connectivity index (χ0n) is 13.6. The summed E-state index contributed by atoms with van der Waals surface area (Å²) in [6, 6.07) is 2.53. The number of halogens is 4. The minimum absolute atomic E-state index is 0.107. The number of carbonyl (C=O) groups is 1. The van der Waals surface area contributed by atoms with Crippen LogP contribution in [-0.4, -0.2) is 30.7 Å². The minimum atomic E-state index is -4.64. The van der Waals surface area contributed by atoms with Gasteiger partial charge < -0.3 is 15.7 Å². The predicted octanol–water partition coefficient (Wildman–Crippen LogP) is 3.49. The zero-order valence-corrected chi connectivity index (χ0v) is 14.4. The standard InChI is InChI=1S/C15H12ClF3N6O2/c1-7(26)13-9(6-21-12-5-11(16)24-25(12)13)23-14(27)22-8-2-3-20-10(4-8)15(17,18)19/h2-7,26H,1H3,(H2,20,22,23,27). The Labute approximate surface area is 155 Å². The van der Waals surface area contributed by atoms with Crippen LogP contribution in [0.4, 0.5) is 29.3 Å². The maximum Gasteiger partial charge on any atom is 0.433 e. The van der Waals surface area contributed by atoms with Gasteiger partial charge in [0.15, 0.2) is 10.8 Å². The first-order chi connectivity index (χ1) is 12.6. The minimum Gasteiger partial charge on any atom is -0.387 e. The third-order valence-corrected chi connectivity index (χ3v) is 3.63. The molecule has 0 aliphatic rings. The molecule has 3 rings (SSSR count). The van der Waals surface area contributed by atoms with E-state index in [0.29, 0.717) is 11.7 Å². The number of nitrogens with one attached hydrogen (secondary N) is 2. The third-order valence-electron chi connectivity index (χ3n) is 3.44. The number of amides is 2. The monoisotopic (exact) mass is 400 g/mol. The molecule has 0 saturated carbocycles. The molecule has 142 valence electrons. The summed E-state index contributed by atoms with van der Waals surface area (Å²) in [6.07, 6.45) is -3.47. The summed E-state index contributed by atoms with van der Waals surface area (Å²) in [5.74, 6) is 0. The first kappa shape index (κ1) is 18.9. The molecule has 3 aromatic rings. The van der Waals surface area contributed by atoms with Crippen LogP contribution in [-0.2, 0) is 6.18 Å². The van der Waals surface area contributed by atoms with E-state index in [4.69, 9.17) is 11.6 Å². The molecule has 2 amide bonds. The number of hydrogen-bond acceptors (Lipinski definition) is 5. The molecule has 0 radical (unpaired) electrons. The quantitative estimate of drug-likeness (QED) is 0.624. The molecular weight excluding hydrogens is 389 g/mol. The lowest BCUT2D eigenvalue weighted by Gasteiger charge is -2.15. The highest BCUT2D eigenvalue weighted by Gasteiger charge is 2.32. The first-order valence-electron chi connectivity index (χ1n) is 7.48. The van der Waals surface area contributed by atoms with Gasteiger partial charge in [0.1, 0.15) is 5.69 Å². The van der Waals surface area contributed by atoms with Crippen molar-refractivity contribution in [2.24, 2.45) is 0 Å². The lowest BCUT2D eigenvalue weighted by molar-refractivity contribution is -0.141. The van der Waals surface area contributed by atoms with Crippen LogP contribution in [0.25, 0.3) is 5.65 Å². The molecule has 27 heavy (non-hydrogen) atoms. The number of hydrogen-bond donors (Lipinski definition) is 3. The van der Waals surface area contributed by atoms with E-state index in [2.05, 4.69) is 25.7 Å². The molecule has 1 atom stereocenters. The summed E-state index contributed by atoms with van der Waals surface area (Å²) < 4.78 is 39.4. The molecule has 0 fully saturated rings. The Morgan fingerprint density at radius 3 is 2.70 bits per heavy atom. The van der Waals surface area contributed by atoms with Gasteiger partial charge in [-0.1, -0.05) is 11.6 Å². The van der Waals surface area contributed by atoms with Crippen LogP contribution in [0.5, 0.6) is 0 Å². The van der Waals surface area contributed by atoms with Gasteiger partial charge in [0.25, 0.3) is 0 Å². The number of rotatable bonds is 3. The second-order valence-electron chi connectivity index (χ2n) is 5.48. The van der Waals surface area contributed by atoms with Crippen molar-refractivity contribution in [1.82, 2.24) is 19.6 Å². The second-order valence-corrected chi connectivity index (χ2v) is 5.86. The molecule has 3 aromatic heterocycles. The fraction of sp³-hybridized carbons (Fsp3) is 0.200. The molecule has 0 aliphatic heterocycles. The number of aliphatic hydroxyl groups excluding tert-OH is 1. The van der Waals surface area contributed by atoms with E-state index < -0.39 is 24.0 Å². The van der Waals surface area contributed by atoms with Gasteiger partial charge in [0.05, 0.1) is 23.7 Å². The van der Waals surface area contributed by atoms with Gasteiger partial charge in [-0.15, -0.1) is 0 Å². The van der Waals surface area contributed by atoms with Crippen molar-refractivity contribution in [1.29, 1.82) is 0 Å². The van der Waals surface area contributed by atoms with Crippen molar-refractivity contribution in [3.05, 3.63) is 47.1 Å². The van der Waals surface area contributed by atoms with E-state index in [1.165, 1.54) is 29.8 Å². The Balaban J connectivity index is 1.85. The van der Waals surface area contributed by atoms with E-state index in [1.54, 1.807) is 0 Å². The van der Waals surface area contributed by atoms with E-state index in [0.717, 1.165) is 6.20 Å². The summed E-state index contributed by atoms with van der Waals surface area (Å²) in [5.41, 5.74) is -0.581. The predicted molar refractivity (Wildman–Crippen MR) is 90.5 cm³/mol. The Morgan fingerprint density at radius 1 is 1.30 bits per heavy atom. The van der Waals surface area contributed by atoms with Gasteiger partial charge in [-0.3, -0.25) is 4.98 Å². The van der Waals surface area contributed by atoms with Gasteiger partial charge in [0.2, 0.25) is 0 Å². The van der Waals surface area contributed by atoms with Gasteiger partial charge >= 0.3 is 12.2 Å². The average molecular weight is 401 g/mol. The SMILES string of the molecule is CC(O)c1c(NC(=O)Nc2ccnc(C(F)(F)F)c2)cnc2cc(Cl)nn12. The molecule has 12 heteroatoms. The topological polar surface area (TPSA) is 104 Å². The molecule has 0 saturated heterocycles. The molecule has 0 aromatic carbocycles. The molecule has 0 bridgehead atoms. The van der Waals surface area contributed by atoms with Crippen LogP contribution >= 0.6 is 11.6 Å². The van der Waals surface area contributed by atoms with Crippen LogP contribution in [0.15, 0.2) is 30.6 Å². The summed E-state index contributed by atoms with van der Waals surface area (Å²) in [7, 11) is 0. The van der Waals surface area contributed by atoms with Crippen molar-refractivity contribution in [2.75, 3.05) is 10.6 Å². The lowest BCUT2D eigenvalue weighted by Crippen LogP contribution is -2.22. The van der Waals surface area contributed by atoms with Crippen LogP contribution in [0.1, 0.15) is 24.4 Å². The first-order valence-corrected chi connectivity index (χ1v) is 7.86. The van der Waals surface area contributed by atoms with Gasteiger partial charge in [0, 0.05) is 18.0 Å². The fourth-order valence-corrected chi connectivity index (χ4v) is 2.54. The van der Waals surface area contributed by atoms with Crippen molar-refractivity contribution in [3.8, 4) is 0 Å². The third kappa shape index (κ3) is 4.09. The number of nitrogens with zero attached hydrogens (tertiary/aromatic N) is 4. The zero-order chi connectivity index (χ0) is 19.8. The smallest absolute Gasteiger partial charge is 0.387 e. The number of aliphatic hydroxyl groups is 1. The maximum atomic E-state index is 12.7. The highest BCUT2D eigenvalue weighted by molar-refractivity contribution is 6.29. The molecular formula is C15H12ClF3N6O2. The Kier molecular flexibility index (Phi) is 4.89. The summed E-state index contributed by atoms with van der Waals surface area (Å²) in [6.45, 7) is 1.45. The normalized spacial score (nSPS) is 12.8. The van der Waals surface area contributed by atoms with E-state index in [1.807, 2.05) is 0 Å². The van der Waals surface area contributed by atoms with Crippen LogP contribution in [0, 0.1) is 0 Å². The van der Waals surface area contributed by atoms with Gasteiger partial charge in [-0.25, -0.2) is 14.3 Å². The molecule has 8 nitrogen and oxygen atoms in total. The number of alkyl halides is 3. The lowest BCUT2D eigenvalue weighted by atomic mass is 10.2. The Bertz CT molecular complexity index is 1000. The molecule has 0 spiro atoms. The molecule has 0 aliphatic carbocycles. The number of urea groups is 1. The maximum absolute atomic E-state index is 12.7. The summed E-state index contributed by atoms with van der Waals surface area (Å²) in [4.78, 5) is 19.4. The highest BCUT2D eigenvalue weighted by Crippen LogP contribution is 2.29. The Hall–Kier alpha value is -2.92. The van der Waals surface area contributed by atoms with Gasteiger partial charge in [-0.2, -0.15) is 18.3 Å². The van der Waals surface area contributed by atoms with E-state index in [-0.39, 0.29) is 22.2 Å². The van der Waals surface area contributed by atoms with Crippen molar-refractivity contribution >= 4 is 34.7 Å². The van der Waals surface area contributed by atoms with E-state index in [9.17, 15) is 23.1 Å². The summed E-state index contributed by atoms with van der Waals surface area (Å²) >= 11 is 5.83. The largest absolute Gasteiger partial charge is 0.433 e. The molecule has 1 unspecified atom stereocenters. The van der Waals surface area contributed by atoms with E-state index >= 15 is 0 Å². The van der Waals surface area contributed by atoms with Crippen LogP contribution < -0.4 is 10.6 Å².